The minimum atomic E-state index is -4.46. The molecule has 1 aromatic rings. The number of rotatable bonds is 5. The van der Waals surface area contributed by atoms with Gasteiger partial charge in [0.1, 0.15) is 11.6 Å². The molecule has 126 valence electrons. The Morgan fingerprint density at radius 2 is 2.09 bits per heavy atom. The number of nitrogens with zero attached hydrogens (tertiary/aromatic N) is 2. The highest BCUT2D eigenvalue weighted by molar-refractivity contribution is 7.05. The van der Waals surface area contributed by atoms with E-state index in [9.17, 15) is 18.0 Å². The molecule has 22 heavy (non-hydrogen) atoms. The number of hydrogen-bond acceptors (Lipinski definition) is 5. The molecule has 0 aliphatic carbocycles. The van der Waals surface area contributed by atoms with Crippen LogP contribution in [0.15, 0.2) is 12.3 Å². The van der Waals surface area contributed by atoms with E-state index in [2.05, 4.69) is 9.69 Å². The summed E-state index contributed by atoms with van der Waals surface area (Å²) in [6.45, 7) is 4.45. The van der Waals surface area contributed by atoms with Gasteiger partial charge in [0.25, 0.3) is 0 Å². The van der Waals surface area contributed by atoms with Gasteiger partial charge in [-0.25, -0.2) is 9.17 Å². The van der Waals surface area contributed by atoms with Crippen molar-refractivity contribution in [3.05, 3.63) is 17.1 Å². The Hall–Kier alpha value is -1.35. The lowest BCUT2D eigenvalue weighted by Crippen LogP contribution is -2.51. The minimum absolute atomic E-state index is 0.102. The Kier molecular flexibility index (Phi) is 6.18. The largest absolute Gasteiger partial charge is 0.444 e. The van der Waals surface area contributed by atoms with Gasteiger partial charge in [-0.05, 0) is 45.4 Å². The number of alkyl halides is 3. The van der Waals surface area contributed by atoms with Crippen LogP contribution in [0.3, 0.4) is 0 Å². The maximum atomic E-state index is 13.1. The van der Waals surface area contributed by atoms with Gasteiger partial charge in [0.2, 0.25) is 0 Å². The van der Waals surface area contributed by atoms with Crippen LogP contribution in [0.1, 0.15) is 25.6 Å². The second kappa shape index (κ2) is 7.28. The SMILES string of the molecule is CN(Cc1ccns1)C(CNC(=O)OC(C)(C)C)C(F)(F)F. The first kappa shape index (κ1) is 18.7. The van der Waals surface area contributed by atoms with Crippen LogP contribution < -0.4 is 5.32 Å². The molecule has 0 saturated heterocycles. The first-order valence-electron chi connectivity index (χ1n) is 6.62. The lowest BCUT2D eigenvalue weighted by atomic mass is 10.2. The molecule has 1 unspecified atom stereocenters. The minimum Gasteiger partial charge on any atom is -0.444 e. The van der Waals surface area contributed by atoms with Gasteiger partial charge in [-0.3, -0.25) is 4.90 Å². The van der Waals surface area contributed by atoms with Crippen molar-refractivity contribution < 1.29 is 22.7 Å². The molecular formula is C13H20F3N3O2S. The Bertz CT molecular complexity index is 472. The van der Waals surface area contributed by atoms with E-state index in [0.29, 0.717) is 4.88 Å². The molecular weight excluding hydrogens is 319 g/mol. The van der Waals surface area contributed by atoms with Crippen LogP contribution in [-0.2, 0) is 11.3 Å². The fourth-order valence-electron chi connectivity index (χ4n) is 1.70. The Morgan fingerprint density at radius 3 is 2.55 bits per heavy atom. The monoisotopic (exact) mass is 339 g/mol. The quantitative estimate of drug-likeness (QED) is 0.896. The standard InChI is InChI=1S/C13H20F3N3O2S/c1-12(2,3)21-11(20)17-7-10(13(14,15)16)19(4)8-9-5-6-18-22-9/h5-6,10H,7-8H2,1-4H3,(H,17,20). The zero-order valence-electron chi connectivity index (χ0n) is 12.9. The van der Waals surface area contributed by atoms with Gasteiger partial charge in [0.15, 0.2) is 0 Å². The highest BCUT2D eigenvalue weighted by Gasteiger charge is 2.42. The molecule has 0 spiro atoms. The summed E-state index contributed by atoms with van der Waals surface area (Å²) >= 11 is 1.14. The van der Waals surface area contributed by atoms with E-state index in [4.69, 9.17) is 4.74 Å². The summed E-state index contributed by atoms with van der Waals surface area (Å²) in [5, 5.41) is 2.17. The van der Waals surface area contributed by atoms with Crippen molar-refractivity contribution in [1.82, 2.24) is 14.6 Å². The predicted octanol–water partition coefficient (Wildman–Crippen LogP) is 3.03. The smallest absolute Gasteiger partial charge is 0.407 e. The summed E-state index contributed by atoms with van der Waals surface area (Å²) in [5.41, 5.74) is -0.758. The van der Waals surface area contributed by atoms with Crippen molar-refractivity contribution in [2.45, 2.75) is 45.1 Å². The lowest BCUT2D eigenvalue weighted by Gasteiger charge is -2.30. The summed E-state index contributed by atoms with van der Waals surface area (Å²) < 4.78 is 48.2. The fraction of sp³-hybridized carbons (Fsp3) is 0.692. The number of carbonyl (C=O) groups is 1. The zero-order valence-corrected chi connectivity index (χ0v) is 13.7. The van der Waals surface area contributed by atoms with Gasteiger partial charge < -0.3 is 10.1 Å². The molecule has 9 heteroatoms. The maximum Gasteiger partial charge on any atom is 0.407 e. The number of likely N-dealkylation sites (N-methyl/N-ethyl adjacent to an activating group) is 1. The molecule has 0 fully saturated rings. The van der Waals surface area contributed by atoms with Crippen molar-refractivity contribution in [3.63, 3.8) is 0 Å². The molecule has 0 aliphatic heterocycles. The van der Waals surface area contributed by atoms with E-state index in [1.165, 1.54) is 13.2 Å². The van der Waals surface area contributed by atoms with Crippen LogP contribution in [0, 0.1) is 0 Å². The van der Waals surface area contributed by atoms with E-state index in [1.54, 1.807) is 26.8 Å². The number of hydrogen-bond donors (Lipinski definition) is 1. The maximum absolute atomic E-state index is 13.1. The van der Waals surface area contributed by atoms with E-state index in [-0.39, 0.29) is 6.54 Å². The molecule has 0 aromatic carbocycles. The summed E-state index contributed by atoms with van der Waals surface area (Å²) in [4.78, 5) is 13.3. The molecule has 0 aliphatic rings. The van der Waals surface area contributed by atoms with Crippen molar-refractivity contribution in [3.8, 4) is 0 Å². The Morgan fingerprint density at radius 1 is 1.45 bits per heavy atom. The van der Waals surface area contributed by atoms with Crippen molar-refractivity contribution in [2.24, 2.45) is 0 Å². The van der Waals surface area contributed by atoms with E-state index < -0.39 is 30.5 Å². The van der Waals surface area contributed by atoms with Crippen molar-refractivity contribution in [2.75, 3.05) is 13.6 Å². The van der Waals surface area contributed by atoms with Crippen LogP contribution >= 0.6 is 11.5 Å². The van der Waals surface area contributed by atoms with Crippen LogP contribution in [-0.4, -0.2) is 46.8 Å². The molecule has 1 rings (SSSR count). The summed E-state index contributed by atoms with van der Waals surface area (Å²) in [6, 6.07) is -0.141. The number of amides is 1. The Balaban J connectivity index is 2.63. The second-order valence-corrected chi connectivity index (χ2v) is 6.75. The number of aromatic nitrogens is 1. The zero-order chi connectivity index (χ0) is 17.0. The topological polar surface area (TPSA) is 54.5 Å². The number of alkyl carbamates (subject to hydrolysis) is 1. The molecule has 1 N–H and O–H groups in total. The number of halogens is 3. The average molecular weight is 339 g/mol. The molecule has 5 nitrogen and oxygen atoms in total. The van der Waals surface area contributed by atoms with E-state index >= 15 is 0 Å². The lowest BCUT2D eigenvalue weighted by molar-refractivity contribution is -0.180. The van der Waals surface area contributed by atoms with Crippen LogP contribution in [0.25, 0.3) is 0 Å². The summed E-state index contributed by atoms with van der Waals surface area (Å²) in [6.07, 6.45) is -3.79. The average Bonchev–Trinajstić information content (AvgIpc) is 2.77. The predicted molar refractivity (Wildman–Crippen MR) is 77.7 cm³/mol. The van der Waals surface area contributed by atoms with E-state index in [1.807, 2.05) is 0 Å². The first-order valence-corrected chi connectivity index (χ1v) is 7.40. The summed E-state index contributed by atoms with van der Waals surface area (Å²) in [7, 11) is 1.36. The van der Waals surface area contributed by atoms with Gasteiger partial charge in [-0.1, -0.05) is 0 Å². The van der Waals surface area contributed by atoms with Crippen LogP contribution in [0.2, 0.25) is 0 Å². The fourth-order valence-corrected chi connectivity index (χ4v) is 2.34. The first-order chi connectivity index (χ1) is 9.99. The van der Waals surface area contributed by atoms with Gasteiger partial charge in [-0.15, -0.1) is 0 Å². The summed E-state index contributed by atoms with van der Waals surface area (Å²) in [5.74, 6) is 0. The van der Waals surface area contributed by atoms with E-state index in [0.717, 1.165) is 16.4 Å². The van der Waals surface area contributed by atoms with Crippen molar-refractivity contribution >= 4 is 17.6 Å². The molecule has 1 amide bonds. The third-order valence-electron chi connectivity index (χ3n) is 2.65. The number of nitrogens with one attached hydrogen (secondary N) is 1. The number of ether oxygens (including phenoxy) is 1. The highest BCUT2D eigenvalue weighted by Crippen LogP contribution is 2.25. The Labute approximate surface area is 131 Å². The molecule has 1 aromatic heterocycles. The molecule has 0 radical (unpaired) electrons. The number of carbonyl (C=O) groups excluding carboxylic acids is 1. The third kappa shape index (κ3) is 6.61. The third-order valence-corrected chi connectivity index (χ3v) is 3.37. The highest BCUT2D eigenvalue weighted by atomic mass is 32.1. The van der Waals surface area contributed by atoms with Gasteiger partial charge in [-0.2, -0.15) is 13.2 Å². The molecule has 1 heterocycles. The van der Waals surface area contributed by atoms with Gasteiger partial charge >= 0.3 is 12.3 Å². The normalized spacial score (nSPS) is 14.0. The van der Waals surface area contributed by atoms with Crippen molar-refractivity contribution in [1.29, 1.82) is 0 Å². The van der Waals surface area contributed by atoms with Gasteiger partial charge in [0.05, 0.1) is 0 Å². The van der Waals surface area contributed by atoms with Crippen LogP contribution in [0.5, 0.6) is 0 Å². The van der Waals surface area contributed by atoms with Crippen LogP contribution in [0.4, 0.5) is 18.0 Å². The second-order valence-electron chi connectivity index (χ2n) is 5.83. The molecule has 0 saturated carbocycles. The van der Waals surface area contributed by atoms with Gasteiger partial charge in [0, 0.05) is 24.2 Å². The molecule has 1 atom stereocenters. The molecule has 0 bridgehead atoms.